The Morgan fingerprint density at radius 3 is 2.27 bits per heavy atom. The van der Waals surface area contributed by atoms with Crippen molar-refractivity contribution in [2.75, 3.05) is 29.8 Å². The van der Waals surface area contributed by atoms with Crippen LogP contribution >= 0.6 is 0 Å². The van der Waals surface area contributed by atoms with Gasteiger partial charge in [0.1, 0.15) is 31.6 Å². The maximum Gasteiger partial charge on any atom is 0.244 e. The van der Waals surface area contributed by atoms with Gasteiger partial charge in [-0.25, -0.2) is 12.8 Å². The van der Waals surface area contributed by atoms with Crippen LogP contribution in [0.2, 0.25) is 0 Å². The molecule has 0 radical (unpaired) electrons. The fourth-order valence-corrected chi connectivity index (χ4v) is 4.80. The van der Waals surface area contributed by atoms with Gasteiger partial charge in [0.25, 0.3) is 0 Å². The number of hydrogen-bond acceptors (Lipinski definition) is 6. The largest absolute Gasteiger partial charge is 0.486 e. The average molecular weight is 536 g/mol. The number of sulfonamides is 1. The Kier molecular flexibility index (Phi) is 8.68. The molecule has 2 aromatic rings. The molecule has 11 heteroatoms. The number of anilines is 1. The second-order valence-electron chi connectivity index (χ2n) is 9.80. The van der Waals surface area contributed by atoms with Gasteiger partial charge in [0.05, 0.1) is 11.4 Å². The highest BCUT2D eigenvalue weighted by Crippen LogP contribution is 2.35. The Balaban J connectivity index is 1.95. The summed E-state index contributed by atoms with van der Waals surface area (Å²) in [6.45, 7) is 8.68. The molecule has 3 rings (SSSR count). The van der Waals surface area contributed by atoms with Crippen LogP contribution in [-0.4, -0.2) is 62.2 Å². The van der Waals surface area contributed by atoms with Crippen LogP contribution in [0.1, 0.15) is 40.2 Å². The maximum atomic E-state index is 13.7. The van der Waals surface area contributed by atoms with Crippen molar-refractivity contribution in [3.05, 3.63) is 53.8 Å². The summed E-state index contributed by atoms with van der Waals surface area (Å²) in [6, 6.07) is 9.31. The highest BCUT2D eigenvalue weighted by atomic mass is 32.2. The van der Waals surface area contributed by atoms with Crippen LogP contribution in [0.3, 0.4) is 0 Å². The highest BCUT2D eigenvalue weighted by molar-refractivity contribution is 7.92. The summed E-state index contributed by atoms with van der Waals surface area (Å²) >= 11 is 0. The van der Waals surface area contributed by atoms with E-state index in [0.717, 1.165) is 4.31 Å². The zero-order chi connectivity index (χ0) is 27.4. The third-order valence-corrected chi connectivity index (χ3v) is 7.47. The number of nitrogens with zero attached hydrogens (tertiary/aromatic N) is 2. The quantitative estimate of drug-likeness (QED) is 0.529. The van der Waals surface area contributed by atoms with Gasteiger partial charge in [0.15, 0.2) is 11.5 Å². The summed E-state index contributed by atoms with van der Waals surface area (Å²) in [4.78, 5) is 28.0. The number of amides is 2. The fraction of sp³-hybridized carbons (Fsp3) is 0.462. The van der Waals surface area contributed by atoms with E-state index in [9.17, 15) is 22.4 Å². The van der Waals surface area contributed by atoms with Crippen molar-refractivity contribution in [1.82, 2.24) is 10.2 Å². The minimum Gasteiger partial charge on any atom is -0.486 e. The Morgan fingerprint density at radius 1 is 1.05 bits per heavy atom. The minimum atomic E-state index is -3.88. The second-order valence-corrected chi connectivity index (χ2v) is 12.0. The zero-order valence-electron chi connectivity index (χ0n) is 21.8. The first-order valence-corrected chi connectivity index (χ1v) is 13.7. The number of ether oxygens (including phenoxy) is 2. The SMILES string of the molecule is CCS(=O)(=O)N(CC(=O)N(Cc1ccc(F)cc1)[C@@H](C)C(=O)NC(C)(C)C)c1ccc2c(c1)OCCO2. The lowest BCUT2D eigenvalue weighted by Crippen LogP contribution is -2.54. The molecule has 1 N–H and O–H groups in total. The number of halogens is 1. The summed E-state index contributed by atoms with van der Waals surface area (Å²) in [5.41, 5.74) is 0.293. The van der Waals surface area contributed by atoms with E-state index >= 15 is 0 Å². The van der Waals surface area contributed by atoms with E-state index in [4.69, 9.17) is 9.47 Å². The van der Waals surface area contributed by atoms with E-state index in [-0.39, 0.29) is 18.0 Å². The first-order valence-electron chi connectivity index (χ1n) is 12.1. The Morgan fingerprint density at radius 2 is 1.68 bits per heavy atom. The van der Waals surface area contributed by atoms with E-state index in [1.165, 1.54) is 42.2 Å². The van der Waals surface area contributed by atoms with Gasteiger partial charge < -0.3 is 19.7 Å². The molecule has 0 saturated heterocycles. The van der Waals surface area contributed by atoms with Gasteiger partial charge in [-0.1, -0.05) is 12.1 Å². The average Bonchev–Trinajstić information content (AvgIpc) is 2.85. The molecule has 9 nitrogen and oxygen atoms in total. The monoisotopic (exact) mass is 535 g/mol. The van der Waals surface area contributed by atoms with Crippen molar-refractivity contribution in [3.8, 4) is 11.5 Å². The third kappa shape index (κ3) is 7.34. The lowest BCUT2D eigenvalue weighted by atomic mass is 10.1. The van der Waals surface area contributed by atoms with Crippen LogP contribution < -0.4 is 19.1 Å². The molecule has 0 bridgehead atoms. The van der Waals surface area contributed by atoms with Crippen LogP contribution in [0.25, 0.3) is 0 Å². The molecule has 0 fully saturated rings. The van der Waals surface area contributed by atoms with E-state index in [2.05, 4.69) is 5.32 Å². The van der Waals surface area contributed by atoms with Crippen LogP contribution in [0.4, 0.5) is 10.1 Å². The number of rotatable bonds is 9. The number of fused-ring (bicyclic) bond motifs is 1. The predicted octanol–water partition coefficient (Wildman–Crippen LogP) is 3.09. The van der Waals surface area contributed by atoms with Crippen molar-refractivity contribution < 1.29 is 31.9 Å². The molecule has 0 saturated carbocycles. The van der Waals surface area contributed by atoms with E-state index in [1.807, 2.05) is 20.8 Å². The van der Waals surface area contributed by atoms with Crippen LogP contribution in [-0.2, 0) is 26.2 Å². The van der Waals surface area contributed by atoms with Crippen LogP contribution in [0.5, 0.6) is 11.5 Å². The smallest absolute Gasteiger partial charge is 0.244 e. The molecule has 37 heavy (non-hydrogen) atoms. The number of carbonyl (C=O) groups is 2. The molecule has 0 aliphatic carbocycles. The first kappa shape index (κ1) is 28.2. The van der Waals surface area contributed by atoms with Crippen molar-refractivity contribution in [2.45, 2.75) is 52.7 Å². The zero-order valence-corrected chi connectivity index (χ0v) is 22.6. The number of nitrogens with one attached hydrogen (secondary N) is 1. The molecular formula is C26H34FN3O6S. The Bertz CT molecular complexity index is 1230. The molecule has 0 aromatic heterocycles. The van der Waals surface area contributed by atoms with Crippen molar-refractivity contribution in [3.63, 3.8) is 0 Å². The normalized spacial score (nSPS) is 14.0. The van der Waals surface area contributed by atoms with Crippen LogP contribution in [0.15, 0.2) is 42.5 Å². The first-order chi connectivity index (χ1) is 17.3. The lowest BCUT2D eigenvalue weighted by molar-refractivity contribution is -0.140. The topological polar surface area (TPSA) is 105 Å². The Labute approximate surface area is 217 Å². The predicted molar refractivity (Wildman–Crippen MR) is 139 cm³/mol. The molecule has 2 amide bonds. The van der Waals surface area contributed by atoms with E-state index in [0.29, 0.717) is 30.3 Å². The molecule has 0 unspecified atom stereocenters. The molecule has 202 valence electrons. The summed E-state index contributed by atoms with van der Waals surface area (Å²) in [5, 5.41) is 2.85. The van der Waals surface area contributed by atoms with Gasteiger partial charge >= 0.3 is 0 Å². The second kappa shape index (κ2) is 11.4. The lowest BCUT2D eigenvalue weighted by Gasteiger charge is -2.33. The Hall–Kier alpha value is -3.34. The number of benzene rings is 2. The third-order valence-electron chi connectivity index (χ3n) is 5.72. The van der Waals surface area contributed by atoms with Gasteiger partial charge in [-0.2, -0.15) is 0 Å². The molecule has 2 aromatic carbocycles. The molecule has 1 atom stereocenters. The van der Waals surface area contributed by atoms with Crippen molar-refractivity contribution >= 4 is 27.5 Å². The molecule has 1 heterocycles. The van der Waals surface area contributed by atoms with Gasteiger partial charge in [-0.05, 0) is 64.4 Å². The molecular weight excluding hydrogens is 501 g/mol. The summed E-state index contributed by atoms with van der Waals surface area (Å²) in [7, 11) is -3.88. The highest BCUT2D eigenvalue weighted by Gasteiger charge is 2.32. The summed E-state index contributed by atoms with van der Waals surface area (Å²) < 4.78 is 51.7. The summed E-state index contributed by atoms with van der Waals surface area (Å²) in [5.74, 6) is -0.791. The molecule has 1 aliphatic rings. The standard InChI is InChI=1S/C26H34FN3O6S/c1-6-37(33,34)30(21-11-12-22-23(15-21)36-14-13-35-22)17-24(31)29(16-19-7-9-20(27)10-8-19)18(2)25(32)28-26(3,4)5/h7-12,15,18H,6,13-14,16-17H2,1-5H3,(H,28,32)/t18-/m0/s1. The van der Waals surface area contributed by atoms with Crippen LogP contribution in [0, 0.1) is 5.82 Å². The van der Waals surface area contributed by atoms with E-state index in [1.54, 1.807) is 19.1 Å². The fourth-order valence-electron chi connectivity index (χ4n) is 3.75. The maximum absolute atomic E-state index is 13.7. The van der Waals surface area contributed by atoms with Crippen molar-refractivity contribution in [1.29, 1.82) is 0 Å². The molecule has 1 aliphatic heterocycles. The van der Waals surface area contributed by atoms with Gasteiger partial charge in [0.2, 0.25) is 21.8 Å². The minimum absolute atomic E-state index is 0.0149. The summed E-state index contributed by atoms with van der Waals surface area (Å²) in [6.07, 6.45) is 0. The number of hydrogen-bond donors (Lipinski definition) is 1. The van der Waals surface area contributed by atoms with Gasteiger partial charge in [-0.3, -0.25) is 13.9 Å². The van der Waals surface area contributed by atoms with Crippen molar-refractivity contribution in [2.24, 2.45) is 0 Å². The van der Waals surface area contributed by atoms with Gasteiger partial charge in [-0.15, -0.1) is 0 Å². The molecule has 0 spiro atoms. The number of carbonyl (C=O) groups excluding carboxylic acids is 2. The van der Waals surface area contributed by atoms with Gasteiger partial charge in [0, 0.05) is 18.2 Å². The van der Waals surface area contributed by atoms with E-state index < -0.39 is 45.8 Å².